The maximum atomic E-state index is 5.82. The third-order valence-corrected chi connectivity index (χ3v) is 4.51. The molecule has 0 bridgehead atoms. The topological polar surface area (TPSA) is 60.2 Å². The summed E-state index contributed by atoms with van der Waals surface area (Å²) in [6.45, 7) is 1.04. The van der Waals surface area contributed by atoms with Gasteiger partial charge in [-0.25, -0.2) is 0 Å². The highest BCUT2D eigenvalue weighted by Gasteiger charge is 2.38. The zero-order valence-electron chi connectivity index (χ0n) is 11.7. The summed E-state index contributed by atoms with van der Waals surface area (Å²) in [5, 5.41) is 7.61. The zero-order chi connectivity index (χ0) is 13.1. The molecule has 1 aromatic heterocycles. The molecule has 0 spiro atoms. The minimum Gasteiger partial charge on any atom is -0.370 e. The van der Waals surface area contributed by atoms with E-state index in [0.29, 0.717) is 0 Å². The van der Waals surface area contributed by atoms with E-state index >= 15 is 0 Å². The van der Waals surface area contributed by atoms with Crippen molar-refractivity contribution in [1.29, 1.82) is 0 Å². The fraction of sp³-hybridized carbons (Fsp3) is 0.857. The first-order chi connectivity index (χ1) is 9.34. The van der Waals surface area contributed by atoms with E-state index in [9.17, 15) is 0 Å². The SMILES string of the molecule is COC1(c2noc(C3CCCN3)n2)CCCCCC1. The van der Waals surface area contributed by atoms with Gasteiger partial charge in [-0.1, -0.05) is 30.8 Å². The van der Waals surface area contributed by atoms with Crippen LogP contribution >= 0.6 is 0 Å². The Hall–Kier alpha value is -0.940. The van der Waals surface area contributed by atoms with E-state index < -0.39 is 0 Å². The molecule has 1 aliphatic carbocycles. The van der Waals surface area contributed by atoms with Gasteiger partial charge in [-0.15, -0.1) is 0 Å². The summed E-state index contributed by atoms with van der Waals surface area (Å²) in [6.07, 6.45) is 9.18. The number of nitrogens with zero attached hydrogens (tertiary/aromatic N) is 2. The van der Waals surface area contributed by atoms with Crippen LogP contribution in [0.4, 0.5) is 0 Å². The molecule has 2 fully saturated rings. The molecule has 3 rings (SSSR count). The summed E-state index contributed by atoms with van der Waals surface area (Å²) in [4.78, 5) is 4.64. The van der Waals surface area contributed by atoms with Crippen molar-refractivity contribution in [3.05, 3.63) is 11.7 Å². The van der Waals surface area contributed by atoms with E-state index in [2.05, 4.69) is 15.5 Å². The predicted octanol–water partition coefficient (Wildman–Crippen LogP) is 2.69. The monoisotopic (exact) mass is 265 g/mol. The Kier molecular flexibility index (Phi) is 3.84. The van der Waals surface area contributed by atoms with Crippen LogP contribution in [0.1, 0.15) is 69.1 Å². The Morgan fingerprint density at radius 2 is 2.00 bits per heavy atom. The van der Waals surface area contributed by atoms with Gasteiger partial charge >= 0.3 is 0 Å². The average molecular weight is 265 g/mol. The van der Waals surface area contributed by atoms with Crippen LogP contribution in [0.15, 0.2) is 4.52 Å². The summed E-state index contributed by atoms with van der Waals surface area (Å²) < 4.78 is 11.3. The van der Waals surface area contributed by atoms with Gasteiger partial charge in [0.05, 0.1) is 6.04 Å². The number of hydrogen-bond donors (Lipinski definition) is 1. The molecule has 2 heterocycles. The second-order valence-electron chi connectivity index (χ2n) is 5.72. The number of nitrogens with one attached hydrogen (secondary N) is 1. The smallest absolute Gasteiger partial charge is 0.243 e. The van der Waals surface area contributed by atoms with Gasteiger partial charge in [0.1, 0.15) is 5.60 Å². The molecular formula is C14H23N3O2. The van der Waals surface area contributed by atoms with E-state index in [4.69, 9.17) is 9.26 Å². The highest BCUT2D eigenvalue weighted by atomic mass is 16.5. The first kappa shape index (κ1) is 13.1. The van der Waals surface area contributed by atoms with Crippen molar-refractivity contribution in [2.75, 3.05) is 13.7 Å². The molecule has 0 amide bonds. The van der Waals surface area contributed by atoms with Crippen molar-refractivity contribution in [1.82, 2.24) is 15.5 Å². The van der Waals surface area contributed by atoms with E-state index in [1.807, 2.05) is 0 Å². The van der Waals surface area contributed by atoms with Gasteiger partial charge in [0.25, 0.3) is 0 Å². The largest absolute Gasteiger partial charge is 0.370 e. The summed E-state index contributed by atoms with van der Waals surface area (Å²) in [5.74, 6) is 1.48. The number of hydrogen-bond acceptors (Lipinski definition) is 5. The number of ether oxygens (including phenoxy) is 1. The molecule has 1 unspecified atom stereocenters. The molecule has 2 aliphatic rings. The fourth-order valence-electron chi connectivity index (χ4n) is 3.28. The van der Waals surface area contributed by atoms with Crippen molar-refractivity contribution < 1.29 is 9.26 Å². The Morgan fingerprint density at radius 1 is 1.21 bits per heavy atom. The number of aromatic nitrogens is 2. The number of rotatable bonds is 3. The van der Waals surface area contributed by atoms with E-state index in [1.54, 1.807) is 7.11 Å². The molecule has 1 aromatic rings. The van der Waals surface area contributed by atoms with Crippen LogP contribution in [0.3, 0.4) is 0 Å². The van der Waals surface area contributed by atoms with Crippen molar-refractivity contribution in [2.45, 2.75) is 63.0 Å². The molecule has 5 nitrogen and oxygen atoms in total. The normalized spacial score (nSPS) is 27.3. The molecule has 0 radical (unpaired) electrons. The third-order valence-electron chi connectivity index (χ3n) is 4.51. The standard InChI is InChI=1S/C14H23N3O2/c1-18-14(8-4-2-3-5-9-14)13-16-12(19-17-13)11-7-6-10-15-11/h11,15H,2-10H2,1H3. The highest BCUT2D eigenvalue weighted by Crippen LogP contribution is 2.38. The zero-order valence-corrected chi connectivity index (χ0v) is 11.7. The van der Waals surface area contributed by atoms with E-state index in [1.165, 1.54) is 32.1 Å². The van der Waals surface area contributed by atoms with Gasteiger partial charge in [-0.05, 0) is 32.2 Å². The van der Waals surface area contributed by atoms with Gasteiger partial charge in [0.2, 0.25) is 11.7 Å². The maximum Gasteiger partial charge on any atom is 0.243 e. The summed E-state index contributed by atoms with van der Waals surface area (Å²) in [6, 6.07) is 0.237. The van der Waals surface area contributed by atoms with Gasteiger partial charge in [0.15, 0.2) is 0 Å². The molecule has 1 saturated heterocycles. The minimum atomic E-state index is -0.323. The second-order valence-corrected chi connectivity index (χ2v) is 5.72. The Morgan fingerprint density at radius 3 is 2.63 bits per heavy atom. The average Bonchev–Trinajstić information content (AvgIpc) is 3.06. The Labute approximate surface area is 114 Å². The van der Waals surface area contributed by atoms with Crippen molar-refractivity contribution in [2.24, 2.45) is 0 Å². The van der Waals surface area contributed by atoms with Crippen molar-refractivity contribution in [3.8, 4) is 0 Å². The molecular weight excluding hydrogens is 242 g/mol. The predicted molar refractivity (Wildman–Crippen MR) is 70.7 cm³/mol. The van der Waals surface area contributed by atoms with Gasteiger partial charge < -0.3 is 14.6 Å². The van der Waals surface area contributed by atoms with Gasteiger partial charge in [-0.2, -0.15) is 4.98 Å². The Balaban J connectivity index is 1.82. The fourth-order valence-corrected chi connectivity index (χ4v) is 3.28. The molecule has 5 heteroatoms. The van der Waals surface area contributed by atoms with E-state index in [0.717, 1.165) is 37.5 Å². The lowest BCUT2D eigenvalue weighted by atomic mass is 9.93. The van der Waals surface area contributed by atoms with Crippen LogP contribution in [0.5, 0.6) is 0 Å². The molecule has 106 valence electrons. The lowest BCUT2D eigenvalue weighted by Crippen LogP contribution is -2.29. The van der Waals surface area contributed by atoms with E-state index in [-0.39, 0.29) is 11.6 Å². The lowest BCUT2D eigenvalue weighted by Gasteiger charge is -2.27. The van der Waals surface area contributed by atoms with Crippen LogP contribution in [0, 0.1) is 0 Å². The van der Waals surface area contributed by atoms with Crippen LogP contribution in [-0.4, -0.2) is 23.8 Å². The van der Waals surface area contributed by atoms with Crippen LogP contribution in [0.25, 0.3) is 0 Å². The van der Waals surface area contributed by atoms with Gasteiger partial charge in [0, 0.05) is 7.11 Å². The first-order valence-electron chi connectivity index (χ1n) is 7.47. The summed E-state index contributed by atoms with van der Waals surface area (Å²) in [5.41, 5.74) is -0.323. The number of methoxy groups -OCH3 is 1. The second kappa shape index (κ2) is 5.59. The summed E-state index contributed by atoms with van der Waals surface area (Å²) in [7, 11) is 1.77. The van der Waals surface area contributed by atoms with Crippen molar-refractivity contribution in [3.63, 3.8) is 0 Å². The molecule has 1 aliphatic heterocycles. The molecule has 1 N–H and O–H groups in total. The Bertz CT molecular complexity index is 405. The van der Waals surface area contributed by atoms with Crippen molar-refractivity contribution >= 4 is 0 Å². The lowest BCUT2D eigenvalue weighted by molar-refractivity contribution is -0.0365. The molecule has 19 heavy (non-hydrogen) atoms. The third kappa shape index (κ3) is 2.54. The molecule has 1 saturated carbocycles. The molecule has 1 atom stereocenters. The first-order valence-corrected chi connectivity index (χ1v) is 7.47. The molecule has 0 aromatic carbocycles. The van der Waals surface area contributed by atoms with Crippen LogP contribution in [-0.2, 0) is 10.3 Å². The quantitative estimate of drug-likeness (QED) is 0.851. The summed E-state index contributed by atoms with van der Waals surface area (Å²) >= 11 is 0. The van der Waals surface area contributed by atoms with Gasteiger partial charge in [-0.3, -0.25) is 0 Å². The minimum absolute atomic E-state index is 0.237. The van der Waals surface area contributed by atoms with Crippen LogP contribution in [0.2, 0.25) is 0 Å². The highest BCUT2D eigenvalue weighted by molar-refractivity contribution is 5.05. The maximum absolute atomic E-state index is 5.82. The van der Waals surface area contributed by atoms with Crippen LogP contribution < -0.4 is 5.32 Å².